The van der Waals surface area contributed by atoms with Gasteiger partial charge >= 0.3 is 0 Å². The van der Waals surface area contributed by atoms with Gasteiger partial charge in [0.25, 0.3) is 0 Å². The molecule has 1 amide bonds. The molecule has 188 valence electrons. The molecule has 3 aromatic rings. The van der Waals surface area contributed by atoms with Gasteiger partial charge in [-0.15, -0.1) is 0 Å². The monoisotopic (exact) mass is 502 g/mol. The van der Waals surface area contributed by atoms with Crippen LogP contribution in [-0.4, -0.2) is 62.9 Å². The Morgan fingerprint density at radius 3 is 2.51 bits per heavy atom. The number of sulfonamides is 1. The van der Waals surface area contributed by atoms with Crippen LogP contribution in [0.25, 0.3) is 11.4 Å². The van der Waals surface area contributed by atoms with Gasteiger partial charge in [-0.2, -0.15) is 4.98 Å². The van der Waals surface area contributed by atoms with E-state index in [-0.39, 0.29) is 25.4 Å². The van der Waals surface area contributed by atoms with Gasteiger partial charge in [0, 0.05) is 31.6 Å². The van der Waals surface area contributed by atoms with E-state index in [2.05, 4.69) is 10.1 Å². The average molecular weight is 503 g/mol. The highest BCUT2D eigenvalue weighted by Crippen LogP contribution is 2.24. The number of anilines is 1. The lowest BCUT2D eigenvalue weighted by Crippen LogP contribution is -2.32. The SMILES string of the molecule is CCOc1ccc(-c2noc(CN(C)C(=O)CCCN(c3cccc(OC)c3)S(C)(=O)=O)n2)cc1. The number of rotatable bonds is 12. The van der Waals surface area contributed by atoms with Crippen LogP contribution in [0.2, 0.25) is 0 Å². The molecule has 10 nitrogen and oxygen atoms in total. The number of carbonyl (C=O) groups excluding carboxylic acids is 1. The van der Waals surface area contributed by atoms with E-state index in [9.17, 15) is 13.2 Å². The van der Waals surface area contributed by atoms with Crippen molar-refractivity contribution in [2.45, 2.75) is 26.3 Å². The summed E-state index contributed by atoms with van der Waals surface area (Å²) < 4.78 is 41.8. The Bertz CT molecular complexity index is 1230. The van der Waals surface area contributed by atoms with E-state index < -0.39 is 10.0 Å². The maximum Gasteiger partial charge on any atom is 0.246 e. The number of ether oxygens (including phenoxy) is 2. The Hall–Kier alpha value is -3.60. The highest BCUT2D eigenvalue weighted by Gasteiger charge is 2.20. The second-order valence-electron chi connectivity index (χ2n) is 7.86. The second kappa shape index (κ2) is 11.7. The molecule has 35 heavy (non-hydrogen) atoms. The van der Waals surface area contributed by atoms with Crippen LogP contribution in [0.1, 0.15) is 25.7 Å². The number of nitrogens with zero attached hydrogens (tertiary/aromatic N) is 4. The van der Waals surface area contributed by atoms with Crippen LogP contribution >= 0.6 is 0 Å². The maximum atomic E-state index is 12.6. The third-order valence-corrected chi connectivity index (χ3v) is 6.38. The van der Waals surface area contributed by atoms with Gasteiger partial charge in [0.05, 0.1) is 32.2 Å². The van der Waals surface area contributed by atoms with E-state index in [4.69, 9.17) is 14.0 Å². The molecule has 0 unspecified atom stereocenters. The van der Waals surface area contributed by atoms with Crippen molar-refractivity contribution >= 4 is 21.6 Å². The van der Waals surface area contributed by atoms with Gasteiger partial charge in [-0.05, 0) is 49.7 Å². The smallest absolute Gasteiger partial charge is 0.246 e. The van der Waals surface area contributed by atoms with Gasteiger partial charge in [0.2, 0.25) is 27.6 Å². The Balaban J connectivity index is 1.55. The largest absolute Gasteiger partial charge is 0.497 e. The zero-order valence-electron chi connectivity index (χ0n) is 20.3. The third-order valence-electron chi connectivity index (χ3n) is 5.18. The predicted octanol–water partition coefficient (Wildman–Crippen LogP) is 3.35. The highest BCUT2D eigenvalue weighted by atomic mass is 32.2. The van der Waals surface area contributed by atoms with Crippen molar-refractivity contribution in [1.82, 2.24) is 15.0 Å². The van der Waals surface area contributed by atoms with Crippen LogP contribution in [0.15, 0.2) is 53.1 Å². The van der Waals surface area contributed by atoms with Crippen molar-refractivity contribution in [3.8, 4) is 22.9 Å². The fraction of sp³-hybridized carbons (Fsp3) is 0.375. The molecule has 0 aliphatic rings. The summed E-state index contributed by atoms with van der Waals surface area (Å²) in [5.74, 6) is 1.87. The molecule has 0 aliphatic heterocycles. The van der Waals surface area contributed by atoms with Crippen LogP contribution in [0, 0.1) is 0 Å². The van der Waals surface area contributed by atoms with Crippen LogP contribution in [0.4, 0.5) is 5.69 Å². The molecule has 0 saturated carbocycles. The summed E-state index contributed by atoms with van der Waals surface area (Å²) in [6, 6.07) is 14.1. The lowest BCUT2D eigenvalue weighted by Gasteiger charge is -2.23. The summed E-state index contributed by atoms with van der Waals surface area (Å²) in [6.07, 6.45) is 1.64. The van der Waals surface area contributed by atoms with Crippen LogP contribution < -0.4 is 13.8 Å². The first-order chi connectivity index (χ1) is 16.7. The van der Waals surface area contributed by atoms with Crippen molar-refractivity contribution in [3.63, 3.8) is 0 Å². The first-order valence-corrected chi connectivity index (χ1v) is 13.0. The number of hydrogen-bond donors (Lipinski definition) is 0. The van der Waals surface area contributed by atoms with Gasteiger partial charge in [-0.25, -0.2) is 8.42 Å². The quantitative estimate of drug-likeness (QED) is 0.370. The molecule has 0 N–H and O–H groups in total. The molecule has 3 rings (SSSR count). The molecule has 2 aromatic carbocycles. The van der Waals surface area contributed by atoms with E-state index in [1.54, 1.807) is 31.3 Å². The zero-order valence-corrected chi connectivity index (χ0v) is 21.1. The predicted molar refractivity (Wildman–Crippen MR) is 132 cm³/mol. The Morgan fingerprint density at radius 2 is 1.86 bits per heavy atom. The number of amides is 1. The van der Waals surface area contributed by atoms with Gasteiger partial charge in [-0.3, -0.25) is 9.10 Å². The lowest BCUT2D eigenvalue weighted by molar-refractivity contribution is -0.130. The molecule has 1 aromatic heterocycles. The molecule has 0 aliphatic carbocycles. The first kappa shape index (κ1) is 26.0. The molecule has 0 atom stereocenters. The minimum atomic E-state index is -3.53. The van der Waals surface area contributed by atoms with E-state index >= 15 is 0 Å². The lowest BCUT2D eigenvalue weighted by atomic mass is 10.2. The standard InChI is InChI=1S/C24H30N4O6S/c1-5-33-20-13-11-18(12-14-20)24-25-22(34-26-24)17-27(2)23(29)10-7-15-28(35(4,30)31)19-8-6-9-21(16-19)32-3/h6,8-9,11-14,16H,5,7,10,15,17H2,1-4H3. The molecule has 0 spiro atoms. The topological polar surface area (TPSA) is 115 Å². The molecule has 0 radical (unpaired) electrons. The zero-order chi connectivity index (χ0) is 25.4. The second-order valence-corrected chi connectivity index (χ2v) is 9.77. The van der Waals surface area contributed by atoms with E-state index in [0.717, 1.165) is 17.6 Å². The maximum absolute atomic E-state index is 12.6. The fourth-order valence-electron chi connectivity index (χ4n) is 3.41. The minimum Gasteiger partial charge on any atom is -0.497 e. The number of carbonyl (C=O) groups is 1. The van der Waals surface area contributed by atoms with Crippen molar-refractivity contribution in [3.05, 3.63) is 54.4 Å². The van der Waals surface area contributed by atoms with Crippen molar-refractivity contribution in [2.75, 3.05) is 37.9 Å². The molecular formula is C24H30N4O6S. The summed E-state index contributed by atoms with van der Waals surface area (Å²) >= 11 is 0. The molecular weight excluding hydrogens is 472 g/mol. The molecule has 0 bridgehead atoms. The summed E-state index contributed by atoms with van der Waals surface area (Å²) in [7, 11) is -0.373. The van der Waals surface area contributed by atoms with Crippen LogP contribution in [0.3, 0.4) is 0 Å². The summed E-state index contributed by atoms with van der Waals surface area (Å²) in [5.41, 5.74) is 1.26. The van der Waals surface area contributed by atoms with Crippen molar-refractivity contribution < 1.29 is 27.2 Å². The van der Waals surface area contributed by atoms with Crippen LogP contribution in [0.5, 0.6) is 11.5 Å². The highest BCUT2D eigenvalue weighted by molar-refractivity contribution is 7.92. The average Bonchev–Trinajstić information content (AvgIpc) is 3.30. The summed E-state index contributed by atoms with van der Waals surface area (Å²) in [4.78, 5) is 18.5. The van der Waals surface area contributed by atoms with Crippen molar-refractivity contribution in [2.24, 2.45) is 0 Å². The van der Waals surface area contributed by atoms with E-state index in [1.807, 2.05) is 31.2 Å². The number of methoxy groups -OCH3 is 1. The minimum absolute atomic E-state index is 0.147. The van der Waals surface area contributed by atoms with Gasteiger partial charge < -0.3 is 18.9 Å². The first-order valence-electron chi connectivity index (χ1n) is 11.1. The molecule has 11 heteroatoms. The Kier molecular flexibility index (Phi) is 8.69. The Morgan fingerprint density at radius 1 is 1.11 bits per heavy atom. The van der Waals surface area contributed by atoms with Crippen molar-refractivity contribution in [1.29, 1.82) is 0 Å². The number of benzene rings is 2. The molecule has 1 heterocycles. The molecule has 0 saturated heterocycles. The van der Waals surface area contributed by atoms with Gasteiger partial charge in [0.15, 0.2) is 0 Å². The number of hydrogen-bond acceptors (Lipinski definition) is 8. The molecule has 0 fully saturated rings. The van der Waals surface area contributed by atoms with E-state index in [0.29, 0.717) is 36.2 Å². The summed E-state index contributed by atoms with van der Waals surface area (Å²) in [6.45, 7) is 2.81. The Labute approximate surface area is 205 Å². The number of aromatic nitrogens is 2. The van der Waals surface area contributed by atoms with E-state index in [1.165, 1.54) is 16.3 Å². The van der Waals surface area contributed by atoms with Crippen LogP contribution in [-0.2, 0) is 21.4 Å². The van der Waals surface area contributed by atoms with Gasteiger partial charge in [-0.1, -0.05) is 11.2 Å². The summed E-state index contributed by atoms with van der Waals surface area (Å²) in [5, 5.41) is 3.99. The van der Waals surface area contributed by atoms with Gasteiger partial charge in [0.1, 0.15) is 11.5 Å². The third kappa shape index (κ3) is 7.19. The fourth-order valence-corrected chi connectivity index (χ4v) is 4.37. The normalized spacial score (nSPS) is 11.2.